The lowest BCUT2D eigenvalue weighted by Gasteiger charge is -2.05. The van der Waals surface area contributed by atoms with E-state index >= 15 is 0 Å². The highest BCUT2D eigenvalue weighted by Crippen LogP contribution is 2.36. The van der Waals surface area contributed by atoms with Gasteiger partial charge in [0.25, 0.3) is 0 Å². The highest BCUT2D eigenvalue weighted by Gasteiger charge is 2.22. The van der Waals surface area contributed by atoms with Gasteiger partial charge in [0.05, 0.1) is 23.0 Å². The Hall–Kier alpha value is -1.65. The molecule has 0 amide bonds. The number of nitrogens with one attached hydrogen (secondary N) is 1. The molecule has 1 aromatic carbocycles. The lowest BCUT2D eigenvalue weighted by Crippen LogP contribution is -2.07. The van der Waals surface area contributed by atoms with Gasteiger partial charge in [-0.1, -0.05) is 23.2 Å². The molecule has 0 aliphatic carbocycles. The monoisotopic (exact) mass is 312 g/mol. The summed E-state index contributed by atoms with van der Waals surface area (Å²) in [7, 11) is 0. The molecule has 2 aromatic rings. The van der Waals surface area contributed by atoms with E-state index in [0.29, 0.717) is 44.9 Å². The van der Waals surface area contributed by atoms with Gasteiger partial charge in [-0.3, -0.25) is 0 Å². The molecule has 0 spiro atoms. The Balaban J connectivity index is 2.54. The third kappa shape index (κ3) is 2.62. The first-order valence-corrected chi connectivity index (χ1v) is 6.81. The molecule has 4 nitrogen and oxygen atoms in total. The fraction of sp³-hybridized carbons (Fsp3) is 0.214. The largest absolute Gasteiger partial charge is 0.462 e. The summed E-state index contributed by atoms with van der Waals surface area (Å²) < 4.78 is 5.00. The van der Waals surface area contributed by atoms with Crippen LogP contribution in [0.3, 0.4) is 0 Å². The summed E-state index contributed by atoms with van der Waals surface area (Å²) >= 11 is 12.0. The predicted molar refractivity (Wildman–Crippen MR) is 81.4 cm³/mol. The first kappa shape index (κ1) is 14.8. The summed E-state index contributed by atoms with van der Waals surface area (Å²) in [6, 6.07) is 5.09. The van der Waals surface area contributed by atoms with Crippen molar-refractivity contribution in [2.45, 2.75) is 13.8 Å². The number of anilines is 1. The fourth-order valence-electron chi connectivity index (χ4n) is 2.02. The smallest absolute Gasteiger partial charge is 0.342 e. The Morgan fingerprint density at radius 1 is 1.40 bits per heavy atom. The van der Waals surface area contributed by atoms with Crippen molar-refractivity contribution in [3.63, 3.8) is 0 Å². The second-order valence-corrected chi connectivity index (χ2v) is 5.10. The average Bonchev–Trinajstić information content (AvgIpc) is 2.65. The summed E-state index contributed by atoms with van der Waals surface area (Å²) in [6.45, 7) is 3.79. The fourth-order valence-corrected chi connectivity index (χ4v) is 2.52. The molecule has 0 aliphatic rings. The van der Waals surface area contributed by atoms with E-state index in [2.05, 4.69) is 4.98 Å². The number of aromatic amines is 1. The van der Waals surface area contributed by atoms with Crippen LogP contribution in [0.4, 0.5) is 5.69 Å². The number of benzene rings is 1. The molecule has 106 valence electrons. The minimum Gasteiger partial charge on any atom is -0.462 e. The van der Waals surface area contributed by atoms with E-state index in [1.54, 1.807) is 32.0 Å². The van der Waals surface area contributed by atoms with E-state index in [1.165, 1.54) is 0 Å². The summed E-state index contributed by atoms with van der Waals surface area (Å²) in [4.78, 5) is 15.0. The lowest BCUT2D eigenvalue weighted by molar-refractivity contribution is 0.0527. The predicted octanol–water partition coefficient (Wildman–Crippen LogP) is 4.06. The highest BCUT2D eigenvalue weighted by molar-refractivity contribution is 6.36. The van der Waals surface area contributed by atoms with E-state index in [9.17, 15) is 4.79 Å². The van der Waals surface area contributed by atoms with Crippen molar-refractivity contribution in [3.8, 4) is 11.3 Å². The number of aryl methyl sites for hydroxylation is 1. The maximum Gasteiger partial charge on any atom is 0.342 e. The number of halogens is 2. The molecule has 2 rings (SSSR count). The molecular formula is C14H14Cl2N2O2. The minimum atomic E-state index is -0.449. The number of hydrogen-bond donors (Lipinski definition) is 2. The van der Waals surface area contributed by atoms with Crippen molar-refractivity contribution < 1.29 is 9.53 Å². The van der Waals surface area contributed by atoms with Crippen molar-refractivity contribution in [1.82, 2.24) is 4.98 Å². The van der Waals surface area contributed by atoms with Gasteiger partial charge in [-0.2, -0.15) is 0 Å². The molecule has 0 saturated heterocycles. The number of hydrogen-bond acceptors (Lipinski definition) is 3. The third-order valence-corrected chi connectivity index (χ3v) is 3.45. The van der Waals surface area contributed by atoms with Gasteiger partial charge in [-0.15, -0.1) is 0 Å². The number of nitrogens with two attached hydrogens (primary N) is 1. The molecule has 6 heteroatoms. The molecule has 20 heavy (non-hydrogen) atoms. The number of aromatic nitrogens is 1. The zero-order valence-corrected chi connectivity index (χ0v) is 12.6. The van der Waals surface area contributed by atoms with Crippen LogP contribution in [0.1, 0.15) is 23.0 Å². The van der Waals surface area contributed by atoms with E-state index < -0.39 is 5.97 Å². The zero-order chi connectivity index (χ0) is 14.9. The normalized spacial score (nSPS) is 10.6. The molecule has 0 saturated carbocycles. The van der Waals surface area contributed by atoms with E-state index in [-0.39, 0.29) is 0 Å². The van der Waals surface area contributed by atoms with Crippen molar-refractivity contribution in [2.24, 2.45) is 0 Å². The van der Waals surface area contributed by atoms with Gasteiger partial charge in [-0.05, 0) is 32.0 Å². The van der Waals surface area contributed by atoms with Gasteiger partial charge in [0.15, 0.2) is 0 Å². The quantitative estimate of drug-likeness (QED) is 0.840. The van der Waals surface area contributed by atoms with Gasteiger partial charge < -0.3 is 15.5 Å². The topological polar surface area (TPSA) is 68.1 Å². The summed E-state index contributed by atoms with van der Waals surface area (Å²) in [6.07, 6.45) is 0. The van der Waals surface area contributed by atoms with E-state index in [0.717, 1.165) is 0 Å². The first-order valence-electron chi connectivity index (χ1n) is 6.06. The van der Waals surface area contributed by atoms with Gasteiger partial charge in [0.2, 0.25) is 0 Å². The maximum atomic E-state index is 11.9. The standard InChI is InChI=1S/C14H14Cl2N2O2/c1-3-20-14(19)11-7(2)18-13(12(11)17)9-5-4-8(15)6-10(9)16/h4-6,18H,3,17H2,1-2H3. The van der Waals surface area contributed by atoms with Crippen molar-refractivity contribution in [3.05, 3.63) is 39.5 Å². The van der Waals surface area contributed by atoms with Crippen LogP contribution in [0.25, 0.3) is 11.3 Å². The molecule has 0 radical (unpaired) electrons. The Kier molecular flexibility index (Phi) is 4.26. The van der Waals surface area contributed by atoms with Crippen LogP contribution in [0, 0.1) is 6.92 Å². The van der Waals surface area contributed by atoms with Crippen LogP contribution >= 0.6 is 23.2 Å². The summed E-state index contributed by atoms with van der Waals surface area (Å²) in [5, 5.41) is 0.993. The molecule has 0 aliphatic heterocycles. The molecule has 0 atom stereocenters. The maximum absolute atomic E-state index is 11.9. The zero-order valence-electron chi connectivity index (χ0n) is 11.1. The second kappa shape index (κ2) is 5.77. The Morgan fingerprint density at radius 3 is 2.70 bits per heavy atom. The number of ether oxygens (including phenoxy) is 1. The van der Waals surface area contributed by atoms with Crippen LogP contribution in [-0.4, -0.2) is 17.6 Å². The van der Waals surface area contributed by atoms with Crippen LogP contribution < -0.4 is 5.73 Å². The minimum absolute atomic E-state index is 0.292. The van der Waals surface area contributed by atoms with Crippen molar-refractivity contribution >= 4 is 34.9 Å². The van der Waals surface area contributed by atoms with Crippen LogP contribution in [0.15, 0.2) is 18.2 Å². The van der Waals surface area contributed by atoms with Gasteiger partial charge in [0, 0.05) is 16.3 Å². The molecule has 1 aromatic heterocycles. The van der Waals surface area contributed by atoms with Crippen molar-refractivity contribution in [1.29, 1.82) is 0 Å². The Bertz CT molecular complexity index is 665. The lowest BCUT2D eigenvalue weighted by atomic mass is 10.1. The van der Waals surface area contributed by atoms with Gasteiger partial charge in [-0.25, -0.2) is 4.79 Å². The molecule has 0 bridgehead atoms. The number of H-pyrrole nitrogens is 1. The number of esters is 1. The third-order valence-electron chi connectivity index (χ3n) is 2.91. The number of nitrogen functional groups attached to an aromatic ring is 1. The first-order chi connectivity index (χ1) is 9.45. The van der Waals surface area contributed by atoms with Gasteiger partial charge >= 0.3 is 5.97 Å². The van der Waals surface area contributed by atoms with Crippen molar-refractivity contribution in [2.75, 3.05) is 12.3 Å². The molecule has 1 heterocycles. The number of carbonyl (C=O) groups is 1. The molecule has 0 unspecified atom stereocenters. The van der Waals surface area contributed by atoms with E-state index in [4.69, 9.17) is 33.7 Å². The second-order valence-electron chi connectivity index (χ2n) is 4.26. The van der Waals surface area contributed by atoms with Crippen LogP contribution in [-0.2, 0) is 4.74 Å². The van der Waals surface area contributed by atoms with Gasteiger partial charge in [0.1, 0.15) is 5.56 Å². The highest BCUT2D eigenvalue weighted by atomic mass is 35.5. The molecule has 3 N–H and O–H groups in total. The molecule has 0 fully saturated rings. The molecular weight excluding hydrogens is 299 g/mol. The van der Waals surface area contributed by atoms with Crippen LogP contribution in [0.2, 0.25) is 10.0 Å². The summed E-state index contributed by atoms with van der Waals surface area (Å²) in [5.74, 6) is -0.449. The SMILES string of the molecule is CCOC(=O)c1c(C)[nH]c(-c2ccc(Cl)cc2Cl)c1N. The number of rotatable bonds is 3. The van der Waals surface area contributed by atoms with Crippen LogP contribution in [0.5, 0.6) is 0 Å². The average molecular weight is 313 g/mol. The number of carbonyl (C=O) groups excluding carboxylic acids is 1. The Morgan fingerprint density at radius 2 is 2.10 bits per heavy atom. The van der Waals surface area contributed by atoms with E-state index in [1.807, 2.05) is 0 Å². The Labute approximate surface area is 126 Å². The summed E-state index contributed by atoms with van der Waals surface area (Å²) in [5.41, 5.74) is 8.63.